The molecule has 0 aromatic carbocycles. The van der Waals surface area contributed by atoms with Crippen LogP contribution >= 0.6 is 0 Å². The fraction of sp³-hybridized carbons (Fsp3) is 0.438. The zero-order valence-corrected chi connectivity index (χ0v) is 13.8. The van der Waals surface area contributed by atoms with Gasteiger partial charge in [0.15, 0.2) is 5.65 Å². The highest BCUT2D eigenvalue weighted by molar-refractivity contribution is 5.56. The van der Waals surface area contributed by atoms with E-state index < -0.39 is 0 Å². The van der Waals surface area contributed by atoms with Gasteiger partial charge in [0.25, 0.3) is 0 Å². The minimum atomic E-state index is 0.0148. The molecular weight excluding hydrogens is 318 g/mol. The van der Waals surface area contributed by atoms with Gasteiger partial charge in [-0.15, -0.1) is 10.2 Å². The van der Waals surface area contributed by atoms with E-state index in [9.17, 15) is 0 Å². The van der Waals surface area contributed by atoms with Crippen LogP contribution in [-0.4, -0.2) is 42.6 Å². The maximum atomic E-state index is 6.06. The molecule has 4 heterocycles. The van der Waals surface area contributed by atoms with E-state index in [-0.39, 0.29) is 5.41 Å². The molecule has 1 fully saturated rings. The summed E-state index contributed by atoms with van der Waals surface area (Å²) in [4.78, 5) is 15.6. The molecule has 0 bridgehead atoms. The summed E-state index contributed by atoms with van der Waals surface area (Å²) in [7, 11) is 0. The van der Waals surface area contributed by atoms with E-state index in [1.54, 1.807) is 10.7 Å². The highest BCUT2D eigenvalue weighted by atomic mass is 15.3. The minimum Gasteiger partial charge on any atom is -0.369 e. The first-order valence-electron chi connectivity index (χ1n) is 8.48. The van der Waals surface area contributed by atoms with E-state index in [2.05, 4.69) is 30.0 Å². The molecule has 25 heavy (non-hydrogen) atoms. The maximum absolute atomic E-state index is 6.06. The molecule has 1 aliphatic heterocycles. The number of nitrogen functional groups attached to an aromatic ring is 2. The normalized spacial score (nSPS) is 22.6. The number of aromatic nitrogens is 6. The van der Waals surface area contributed by atoms with Crippen molar-refractivity contribution in [3.63, 3.8) is 0 Å². The summed E-state index contributed by atoms with van der Waals surface area (Å²) in [6.45, 7) is 1.79. The molecule has 128 valence electrons. The van der Waals surface area contributed by atoms with Gasteiger partial charge >= 0.3 is 0 Å². The predicted molar refractivity (Wildman–Crippen MR) is 93.1 cm³/mol. The lowest BCUT2D eigenvalue weighted by atomic mass is 9.77. The first-order valence-corrected chi connectivity index (χ1v) is 8.48. The minimum absolute atomic E-state index is 0.0148. The Morgan fingerprint density at radius 3 is 3.00 bits per heavy atom. The molecule has 9 heteroatoms. The second kappa shape index (κ2) is 5.01. The summed E-state index contributed by atoms with van der Waals surface area (Å²) < 4.78 is 1.68. The lowest BCUT2D eigenvalue weighted by Crippen LogP contribution is -2.46. The second-order valence-electron chi connectivity index (χ2n) is 6.94. The lowest BCUT2D eigenvalue weighted by molar-refractivity contribution is 0.333. The standard InChI is InChI=1S/C16H19N9/c17-14-19-7-10-2-4-16(13(10)22-14)3-1-5-24(8-16)11-6-12-23-20-9-25(12)15(18)21-11/h6-7,9H,1-5,8H2,(H2,18,21)(H2,17,19,22). The highest BCUT2D eigenvalue weighted by Gasteiger charge is 2.44. The fourth-order valence-electron chi connectivity index (χ4n) is 4.28. The molecule has 1 saturated heterocycles. The molecule has 3 aromatic rings. The van der Waals surface area contributed by atoms with Gasteiger partial charge in [-0.3, -0.25) is 4.40 Å². The molecule has 1 spiro atoms. The van der Waals surface area contributed by atoms with Crippen molar-refractivity contribution in [1.29, 1.82) is 0 Å². The van der Waals surface area contributed by atoms with Crippen molar-refractivity contribution >= 4 is 23.4 Å². The molecule has 4 N–H and O–H groups in total. The first kappa shape index (κ1) is 14.4. The summed E-state index contributed by atoms with van der Waals surface area (Å²) in [5, 5.41) is 8.00. The molecule has 5 rings (SSSR count). The third-order valence-electron chi connectivity index (χ3n) is 5.47. The summed E-state index contributed by atoms with van der Waals surface area (Å²) in [6.07, 6.45) is 7.70. The summed E-state index contributed by atoms with van der Waals surface area (Å²) in [6, 6.07) is 1.94. The Balaban J connectivity index is 1.54. The highest BCUT2D eigenvalue weighted by Crippen LogP contribution is 2.44. The Kier molecular flexibility index (Phi) is 2.88. The molecule has 0 saturated carbocycles. The van der Waals surface area contributed by atoms with Crippen molar-refractivity contribution in [3.05, 3.63) is 29.8 Å². The number of piperidine rings is 1. The third kappa shape index (κ3) is 2.11. The average Bonchev–Trinajstić information content (AvgIpc) is 3.21. The van der Waals surface area contributed by atoms with Gasteiger partial charge in [0, 0.05) is 30.8 Å². The van der Waals surface area contributed by atoms with Crippen LogP contribution < -0.4 is 16.4 Å². The number of aryl methyl sites for hydroxylation is 1. The molecule has 3 aromatic heterocycles. The van der Waals surface area contributed by atoms with Crippen LogP contribution in [0.15, 0.2) is 18.6 Å². The monoisotopic (exact) mass is 337 g/mol. The van der Waals surface area contributed by atoms with Gasteiger partial charge in [-0.2, -0.15) is 4.98 Å². The topological polar surface area (TPSA) is 124 Å². The van der Waals surface area contributed by atoms with Crippen LogP contribution in [-0.2, 0) is 11.8 Å². The second-order valence-corrected chi connectivity index (χ2v) is 6.94. The van der Waals surface area contributed by atoms with E-state index in [1.165, 1.54) is 5.56 Å². The van der Waals surface area contributed by atoms with Gasteiger partial charge in [0.05, 0.1) is 5.69 Å². The van der Waals surface area contributed by atoms with Crippen molar-refractivity contribution in [1.82, 2.24) is 29.5 Å². The lowest BCUT2D eigenvalue weighted by Gasteiger charge is -2.41. The van der Waals surface area contributed by atoms with Gasteiger partial charge in [-0.25, -0.2) is 9.97 Å². The maximum Gasteiger partial charge on any atom is 0.220 e. The van der Waals surface area contributed by atoms with Crippen molar-refractivity contribution in [2.24, 2.45) is 0 Å². The van der Waals surface area contributed by atoms with E-state index >= 15 is 0 Å². The molecule has 0 amide bonds. The number of hydrogen-bond acceptors (Lipinski definition) is 8. The third-order valence-corrected chi connectivity index (χ3v) is 5.47. The van der Waals surface area contributed by atoms with Gasteiger partial charge in [-0.05, 0) is 31.2 Å². The average molecular weight is 337 g/mol. The van der Waals surface area contributed by atoms with E-state index in [0.717, 1.165) is 50.3 Å². The Bertz CT molecular complexity index is 961. The van der Waals surface area contributed by atoms with Gasteiger partial charge in [-0.1, -0.05) is 0 Å². The van der Waals surface area contributed by atoms with Crippen molar-refractivity contribution in [3.8, 4) is 0 Å². The molecular formula is C16H19N9. The largest absolute Gasteiger partial charge is 0.369 e. The van der Waals surface area contributed by atoms with Crippen molar-refractivity contribution in [2.45, 2.75) is 31.1 Å². The number of rotatable bonds is 1. The summed E-state index contributed by atoms with van der Waals surface area (Å²) in [5.41, 5.74) is 15.0. The van der Waals surface area contributed by atoms with Crippen LogP contribution in [0.4, 0.5) is 17.7 Å². The van der Waals surface area contributed by atoms with Crippen molar-refractivity contribution in [2.75, 3.05) is 29.5 Å². The number of nitrogens with zero attached hydrogens (tertiary/aromatic N) is 7. The van der Waals surface area contributed by atoms with Crippen LogP contribution in [0.5, 0.6) is 0 Å². The number of nitrogens with two attached hydrogens (primary N) is 2. The van der Waals surface area contributed by atoms with Crippen LogP contribution in [0, 0.1) is 0 Å². The Hall–Kier alpha value is -2.97. The Labute approximate surface area is 144 Å². The number of anilines is 3. The van der Waals surface area contributed by atoms with E-state index in [4.69, 9.17) is 11.5 Å². The van der Waals surface area contributed by atoms with Crippen LogP contribution in [0.1, 0.15) is 30.5 Å². The smallest absolute Gasteiger partial charge is 0.220 e. The zero-order valence-electron chi connectivity index (χ0n) is 13.8. The van der Waals surface area contributed by atoms with Gasteiger partial charge < -0.3 is 16.4 Å². The fourth-order valence-corrected chi connectivity index (χ4v) is 4.28. The quantitative estimate of drug-likeness (QED) is 0.660. The molecule has 1 unspecified atom stereocenters. The Morgan fingerprint density at radius 1 is 1.16 bits per heavy atom. The van der Waals surface area contributed by atoms with Crippen molar-refractivity contribution < 1.29 is 0 Å². The zero-order chi connectivity index (χ0) is 17.0. The van der Waals surface area contributed by atoms with E-state index in [1.807, 2.05) is 12.3 Å². The predicted octanol–water partition coefficient (Wildman–Crippen LogP) is 0.563. The molecule has 2 aliphatic rings. The first-order chi connectivity index (χ1) is 12.1. The number of fused-ring (bicyclic) bond motifs is 3. The summed E-state index contributed by atoms with van der Waals surface area (Å²) in [5.74, 6) is 1.59. The SMILES string of the molecule is Nc1ncc2c(n1)C1(CCCN(c3cc4nncn4c(N)n3)C1)CC2. The molecule has 9 nitrogen and oxygen atoms in total. The van der Waals surface area contributed by atoms with Gasteiger partial charge in [0.2, 0.25) is 11.9 Å². The molecule has 1 atom stereocenters. The summed E-state index contributed by atoms with van der Waals surface area (Å²) >= 11 is 0. The molecule has 1 aliphatic carbocycles. The van der Waals surface area contributed by atoms with Crippen LogP contribution in [0.25, 0.3) is 5.65 Å². The Morgan fingerprint density at radius 2 is 2.08 bits per heavy atom. The van der Waals surface area contributed by atoms with Crippen LogP contribution in [0.2, 0.25) is 0 Å². The van der Waals surface area contributed by atoms with Crippen LogP contribution in [0.3, 0.4) is 0 Å². The van der Waals surface area contributed by atoms with Gasteiger partial charge in [0.1, 0.15) is 12.1 Å². The number of hydrogen-bond donors (Lipinski definition) is 2. The molecule has 0 radical (unpaired) electrons. The van der Waals surface area contributed by atoms with E-state index in [0.29, 0.717) is 17.5 Å².